The normalized spacial score (nSPS) is 21.5. The molecule has 1 aliphatic heterocycles. The number of para-hydroxylation sites is 1. The van der Waals surface area contributed by atoms with Gasteiger partial charge < -0.3 is 14.9 Å². The van der Waals surface area contributed by atoms with E-state index in [2.05, 4.69) is 5.10 Å². The summed E-state index contributed by atoms with van der Waals surface area (Å²) in [7, 11) is 3.87. The van der Waals surface area contributed by atoms with Crippen LogP contribution in [0.4, 0.5) is 0 Å². The van der Waals surface area contributed by atoms with Crippen molar-refractivity contribution < 1.29 is 9.90 Å². The molecule has 2 heterocycles. The molecular weight excluding hydrogens is 292 g/mol. The summed E-state index contributed by atoms with van der Waals surface area (Å²) in [6.45, 7) is 2.20. The van der Waals surface area contributed by atoms with E-state index < -0.39 is 5.60 Å². The standard InChI is InChI=1S/C17H24N4O2/c1-19(2)12-17(23)8-10-20(13-17)16(22)7-9-21-15-6-4-3-5-14(15)11-18-21/h3-6,11,23H,7-10,12-13H2,1-2H3/t17-/m1/s1. The third-order valence-electron chi connectivity index (χ3n) is 4.38. The number of hydrogen-bond acceptors (Lipinski definition) is 4. The first-order valence-electron chi connectivity index (χ1n) is 8.02. The molecule has 2 aromatic rings. The minimum Gasteiger partial charge on any atom is -0.387 e. The number of carbonyl (C=O) groups is 1. The lowest BCUT2D eigenvalue weighted by atomic mass is 10.0. The van der Waals surface area contributed by atoms with Crippen molar-refractivity contribution in [2.24, 2.45) is 0 Å². The molecule has 3 rings (SSSR count). The van der Waals surface area contributed by atoms with Gasteiger partial charge in [-0.05, 0) is 26.6 Å². The molecule has 0 aliphatic carbocycles. The zero-order valence-electron chi connectivity index (χ0n) is 13.8. The number of fused-ring (bicyclic) bond motifs is 1. The van der Waals surface area contributed by atoms with Crippen LogP contribution in [0.1, 0.15) is 12.8 Å². The van der Waals surface area contributed by atoms with Crippen molar-refractivity contribution in [2.75, 3.05) is 33.7 Å². The molecule has 1 saturated heterocycles. The van der Waals surface area contributed by atoms with E-state index in [9.17, 15) is 9.90 Å². The van der Waals surface area contributed by atoms with Crippen LogP contribution >= 0.6 is 0 Å². The number of aromatic nitrogens is 2. The first-order valence-corrected chi connectivity index (χ1v) is 8.02. The zero-order valence-corrected chi connectivity index (χ0v) is 13.8. The van der Waals surface area contributed by atoms with E-state index in [1.807, 2.05) is 54.1 Å². The molecule has 1 aliphatic rings. The zero-order chi connectivity index (χ0) is 16.4. The summed E-state index contributed by atoms with van der Waals surface area (Å²) < 4.78 is 1.87. The van der Waals surface area contributed by atoms with Crippen molar-refractivity contribution in [1.29, 1.82) is 0 Å². The maximum Gasteiger partial charge on any atom is 0.224 e. The van der Waals surface area contributed by atoms with Crippen LogP contribution in [0, 0.1) is 0 Å². The van der Waals surface area contributed by atoms with Crippen molar-refractivity contribution >= 4 is 16.8 Å². The highest BCUT2D eigenvalue weighted by atomic mass is 16.3. The Morgan fingerprint density at radius 3 is 2.96 bits per heavy atom. The van der Waals surface area contributed by atoms with Crippen LogP contribution in [0.15, 0.2) is 30.5 Å². The fourth-order valence-corrected chi connectivity index (χ4v) is 3.35. The Kier molecular flexibility index (Phi) is 4.37. The van der Waals surface area contributed by atoms with Gasteiger partial charge in [0, 0.05) is 24.9 Å². The van der Waals surface area contributed by atoms with Crippen molar-refractivity contribution in [3.63, 3.8) is 0 Å². The van der Waals surface area contributed by atoms with Crippen molar-refractivity contribution in [2.45, 2.75) is 25.0 Å². The predicted molar refractivity (Wildman–Crippen MR) is 89.1 cm³/mol. The summed E-state index contributed by atoms with van der Waals surface area (Å²) >= 11 is 0. The number of β-amino-alcohol motifs (C(OH)–C–C–N with tert-alkyl or cyclic N) is 1. The number of rotatable bonds is 5. The lowest BCUT2D eigenvalue weighted by molar-refractivity contribution is -0.131. The molecule has 1 aromatic carbocycles. The molecule has 1 aromatic heterocycles. The van der Waals surface area contributed by atoms with E-state index in [-0.39, 0.29) is 5.91 Å². The van der Waals surface area contributed by atoms with E-state index in [0.29, 0.717) is 39.0 Å². The number of likely N-dealkylation sites (tertiary alicyclic amines) is 1. The Labute approximate surface area is 136 Å². The number of hydrogen-bond donors (Lipinski definition) is 1. The Morgan fingerprint density at radius 1 is 1.39 bits per heavy atom. The number of carbonyl (C=O) groups excluding carboxylic acids is 1. The summed E-state index contributed by atoms with van der Waals surface area (Å²) in [5.41, 5.74) is 0.267. The molecule has 1 N–H and O–H groups in total. The van der Waals surface area contributed by atoms with Gasteiger partial charge in [-0.2, -0.15) is 5.10 Å². The number of aryl methyl sites for hydroxylation is 1. The van der Waals surface area contributed by atoms with Crippen LogP contribution in [-0.4, -0.2) is 69.9 Å². The molecule has 124 valence electrons. The van der Waals surface area contributed by atoms with Gasteiger partial charge in [0.2, 0.25) is 5.91 Å². The second kappa shape index (κ2) is 6.29. The van der Waals surface area contributed by atoms with Crippen LogP contribution < -0.4 is 0 Å². The van der Waals surface area contributed by atoms with Gasteiger partial charge in [-0.15, -0.1) is 0 Å². The molecule has 1 atom stereocenters. The highest BCUT2D eigenvalue weighted by molar-refractivity contribution is 5.79. The summed E-state index contributed by atoms with van der Waals surface area (Å²) in [6, 6.07) is 7.99. The minimum absolute atomic E-state index is 0.0827. The third kappa shape index (κ3) is 3.54. The van der Waals surface area contributed by atoms with E-state index in [4.69, 9.17) is 0 Å². The van der Waals surface area contributed by atoms with Gasteiger partial charge in [-0.3, -0.25) is 9.48 Å². The summed E-state index contributed by atoms with van der Waals surface area (Å²) in [5, 5.41) is 16.0. The smallest absolute Gasteiger partial charge is 0.224 e. The minimum atomic E-state index is -0.780. The summed E-state index contributed by atoms with van der Waals surface area (Å²) in [5.74, 6) is 0.0827. The fraction of sp³-hybridized carbons (Fsp3) is 0.529. The Bertz CT molecular complexity index is 697. The molecule has 0 saturated carbocycles. The molecule has 0 spiro atoms. The highest BCUT2D eigenvalue weighted by Gasteiger charge is 2.38. The van der Waals surface area contributed by atoms with Crippen molar-refractivity contribution in [1.82, 2.24) is 19.6 Å². The molecule has 0 unspecified atom stereocenters. The maximum absolute atomic E-state index is 12.4. The van der Waals surface area contributed by atoms with Crippen LogP contribution in [-0.2, 0) is 11.3 Å². The van der Waals surface area contributed by atoms with Gasteiger partial charge in [0.05, 0.1) is 30.4 Å². The topological polar surface area (TPSA) is 61.6 Å². The summed E-state index contributed by atoms with van der Waals surface area (Å²) in [4.78, 5) is 16.1. The van der Waals surface area contributed by atoms with Crippen LogP contribution in [0.2, 0.25) is 0 Å². The molecule has 1 amide bonds. The van der Waals surface area contributed by atoms with E-state index in [1.165, 1.54) is 0 Å². The van der Waals surface area contributed by atoms with E-state index >= 15 is 0 Å². The molecule has 1 fully saturated rings. The van der Waals surface area contributed by atoms with Gasteiger partial charge in [-0.25, -0.2) is 0 Å². The Morgan fingerprint density at radius 2 is 2.17 bits per heavy atom. The van der Waals surface area contributed by atoms with Crippen molar-refractivity contribution in [3.05, 3.63) is 30.5 Å². The Balaban J connectivity index is 1.58. The quantitative estimate of drug-likeness (QED) is 0.892. The lowest BCUT2D eigenvalue weighted by Gasteiger charge is -2.26. The van der Waals surface area contributed by atoms with E-state index in [0.717, 1.165) is 10.9 Å². The average molecular weight is 316 g/mol. The van der Waals surface area contributed by atoms with Gasteiger partial charge in [0.1, 0.15) is 0 Å². The monoisotopic (exact) mass is 316 g/mol. The maximum atomic E-state index is 12.4. The van der Waals surface area contributed by atoms with Crippen LogP contribution in [0.3, 0.4) is 0 Å². The third-order valence-corrected chi connectivity index (χ3v) is 4.38. The molecule has 23 heavy (non-hydrogen) atoms. The van der Waals surface area contributed by atoms with E-state index in [1.54, 1.807) is 4.90 Å². The first-order chi connectivity index (χ1) is 11.0. The molecule has 0 bridgehead atoms. The molecule has 0 radical (unpaired) electrons. The van der Waals surface area contributed by atoms with Gasteiger partial charge in [0.25, 0.3) is 0 Å². The molecular formula is C17H24N4O2. The average Bonchev–Trinajstić information content (AvgIpc) is 3.08. The number of amides is 1. The SMILES string of the molecule is CN(C)C[C@]1(O)CCN(C(=O)CCn2ncc3ccccc32)C1. The molecule has 6 heteroatoms. The number of aliphatic hydroxyl groups is 1. The fourth-order valence-electron chi connectivity index (χ4n) is 3.35. The largest absolute Gasteiger partial charge is 0.387 e. The predicted octanol–water partition coefficient (Wildman–Crippen LogP) is 0.951. The van der Waals surface area contributed by atoms with Crippen molar-refractivity contribution in [3.8, 4) is 0 Å². The summed E-state index contributed by atoms with van der Waals surface area (Å²) in [6.07, 6.45) is 2.87. The number of likely N-dealkylation sites (N-methyl/N-ethyl adjacent to an activating group) is 1. The van der Waals surface area contributed by atoms with Crippen LogP contribution in [0.5, 0.6) is 0 Å². The second-order valence-electron chi connectivity index (χ2n) is 6.70. The Hall–Kier alpha value is -1.92. The second-order valence-corrected chi connectivity index (χ2v) is 6.70. The first kappa shape index (κ1) is 16.0. The number of benzene rings is 1. The number of nitrogens with zero attached hydrogens (tertiary/aromatic N) is 4. The van der Waals surface area contributed by atoms with Gasteiger partial charge >= 0.3 is 0 Å². The van der Waals surface area contributed by atoms with Gasteiger partial charge in [0.15, 0.2) is 0 Å². The van der Waals surface area contributed by atoms with Gasteiger partial charge in [-0.1, -0.05) is 18.2 Å². The lowest BCUT2D eigenvalue weighted by Crippen LogP contribution is -2.43. The van der Waals surface area contributed by atoms with Crippen LogP contribution in [0.25, 0.3) is 10.9 Å². The highest BCUT2D eigenvalue weighted by Crippen LogP contribution is 2.22. The molecule has 6 nitrogen and oxygen atoms in total.